The lowest BCUT2D eigenvalue weighted by Crippen LogP contribution is -2.31. The summed E-state index contributed by atoms with van der Waals surface area (Å²) in [6.07, 6.45) is 9.29. The molecule has 12 heavy (non-hydrogen) atoms. The number of carbonyl (C=O) groups excluding carboxylic acids is 1. The summed E-state index contributed by atoms with van der Waals surface area (Å²) in [6, 6.07) is 0. The van der Waals surface area contributed by atoms with Crippen LogP contribution in [0.5, 0.6) is 0 Å². The second-order valence-corrected chi connectivity index (χ2v) is 3.62. The van der Waals surface area contributed by atoms with E-state index in [9.17, 15) is 4.79 Å². The number of allylic oxidation sites excluding steroid dienone is 1. The molecule has 2 fully saturated rings. The van der Waals surface area contributed by atoms with Gasteiger partial charge < -0.3 is 4.74 Å². The van der Waals surface area contributed by atoms with E-state index in [0.717, 1.165) is 0 Å². The highest BCUT2D eigenvalue weighted by Crippen LogP contribution is 2.26. The minimum absolute atomic E-state index is 0.0485. The highest BCUT2D eigenvalue weighted by molar-refractivity contribution is 5.75. The summed E-state index contributed by atoms with van der Waals surface area (Å²) < 4.78 is 4.93. The number of hydrogen-bond acceptors (Lipinski definition) is 2. The molecule has 1 atom stereocenters. The zero-order chi connectivity index (χ0) is 8.39. The zero-order valence-corrected chi connectivity index (χ0v) is 7.21. The largest absolute Gasteiger partial charge is 0.457 e. The van der Waals surface area contributed by atoms with E-state index in [4.69, 9.17) is 4.74 Å². The van der Waals surface area contributed by atoms with E-state index in [0.29, 0.717) is 6.42 Å². The smallest absolute Gasteiger partial charge is 0.310 e. The third-order valence-electron chi connectivity index (χ3n) is 2.57. The summed E-state index contributed by atoms with van der Waals surface area (Å²) in [6.45, 7) is 0. The second-order valence-electron chi connectivity index (χ2n) is 3.62. The average Bonchev–Trinajstić information content (AvgIpc) is 2.04. The summed E-state index contributed by atoms with van der Waals surface area (Å²) in [5, 5.41) is 0. The van der Waals surface area contributed by atoms with Crippen molar-refractivity contribution in [3.05, 3.63) is 11.6 Å². The third kappa shape index (κ3) is 1.68. The van der Waals surface area contributed by atoms with Crippen LogP contribution in [0.1, 0.15) is 38.5 Å². The molecule has 0 bridgehead atoms. The first-order valence-electron chi connectivity index (χ1n) is 4.73. The average molecular weight is 166 g/mol. The van der Waals surface area contributed by atoms with Gasteiger partial charge in [-0.05, 0) is 31.8 Å². The Labute approximate surface area is 72.6 Å². The fourth-order valence-electron chi connectivity index (χ4n) is 1.85. The Kier molecular flexibility index (Phi) is 2.15. The first-order chi connectivity index (χ1) is 5.84. The van der Waals surface area contributed by atoms with Gasteiger partial charge in [-0.1, -0.05) is 12.0 Å². The maximum absolute atomic E-state index is 10.5. The van der Waals surface area contributed by atoms with Crippen molar-refractivity contribution in [1.29, 1.82) is 0 Å². The van der Waals surface area contributed by atoms with Crippen LogP contribution in [-0.4, -0.2) is 12.1 Å². The van der Waals surface area contributed by atoms with Crippen molar-refractivity contribution in [3.8, 4) is 0 Å². The van der Waals surface area contributed by atoms with Crippen LogP contribution in [0.3, 0.4) is 0 Å². The van der Waals surface area contributed by atoms with Crippen LogP contribution in [0.2, 0.25) is 0 Å². The molecule has 0 aromatic heterocycles. The van der Waals surface area contributed by atoms with Crippen molar-refractivity contribution in [2.45, 2.75) is 44.6 Å². The van der Waals surface area contributed by atoms with Crippen molar-refractivity contribution in [3.63, 3.8) is 0 Å². The molecule has 2 rings (SSSR count). The zero-order valence-electron chi connectivity index (χ0n) is 7.21. The molecule has 2 aliphatic rings. The summed E-state index contributed by atoms with van der Waals surface area (Å²) >= 11 is 0. The molecule has 1 unspecified atom stereocenters. The number of cyclic esters (lactones) is 1. The molecule has 1 saturated heterocycles. The summed E-state index contributed by atoms with van der Waals surface area (Å²) in [4.78, 5) is 10.5. The number of hydrogen-bond donors (Lipinski definition) is 0. The number of ether oxygens (including phenoxy) is 1. The lowest BCUT2D eigenvalue weighted by molar-refractivity contribution is -0.164. The van der Waals surface area contributed by atoms with Crippen LogP contribution in [0.25, 0.3) is 0 Å². The molecule has 0 N–H and O–H groups in total. The number of esters is 1. The molecular weight excluding hydrogens is 152 g/mol. The van der Waals surface area contributed by atoms with E-state index in [-0.39, 0.29) is 12.1 Å². The standard InChI is InChI=1S/C10H14O2/c11-10-7-9(12-10)6-8-4-2-1-3-5-8/h6,9H,1-5,7H2. The second kappa shape index (κ2) is 3.30. The lowest BCUT2D eigenvalue weighted by atomic mass is 9.93. The maximum Gasteiger partial charge on any atom is 0.310 e. The highest BCUT2D eigenvalue weighted by Gasteiger charge is 2.26. The van der Waals surface area contributed by atoms with Gasteiger partial charge in [0.15, 0.2) is 0 Å². The Hall–Kier alpha value is -0.790. The van der Waals surface area contributed by atoms with Gasteiger partial charge in [-0.25, -0.2) is 0 Å². The predicted octanol–water partition coefficient (Wildman–Crippen LogP) is 2.19. The SMILES string of the molecule is O=C1CC(C=C2CCCCC2)O1. The molecule has 0 amide bonds. The van der Waals surface area contributed by atoms with Gasteiger partial charge in [0.25, 0.3) is 0 Å². The van der Waals surface area contributed by atoms with Crippen molar-refractivity contribution in [2.24, 2.45) is 0 Å². The Bertz CT molecular complexity index is 202. The fraction of sp³-hybridized carbons (Fsp3) is 0.700. The first kappa shape index (κ1) is 7.84. The van der Waals surface area contributed by atoms with E-state index < -0.39 is 0 Å². The van der Waals surface area contributed by atoms with Crippen molar-refractivity contribution in [2.75, 3.05) is 0 Å². The van der Waals surface area contributed by atoms with Crippen LogP contribution in [0.4, 0.5) is 0 Å². The normalized spacial score (nSPS) is 29.2. The van der Waals surface area contributed by atoms with Crippen molar-refractivity contribution >= 4 is 5.97 Å². The Balaban J connectivity index is 1.85. The molecule has 66 valence electrons. The number of rotatable bonds is 1. The molecule has 0 aromatic rings. The minimum Gasteiger partial charge on any atom is -0.457 e. The molecule has 0 aromatic carbocycles. The van der Waals surface area contributed by atoms with Gasteiger partial charge in [0.1, 0.15) is 6.10 Å². The maximum atomic E-state index is 10.5. The highest BCUT2D eigenvalue weighted by atomic mass is 16.6. The van der Waals surface area contributed by atoms with Crippen LogP contribution in [0.15, 0.2) is 11.6 Å². The summed E-state index contributed by atoms with van der Waals surface area (Å²) in [7, 11) is 0. The van der Waals surface area contributed by atoms with Gasteiger partial charge in [-0.3, -0.25) is 4.79 Å². The predicted molar refractivity (Wildman–Crippen MR) is 45.7 cm³/mol. The van der Waals surface area contributed by atoms with Crippen LogP contribution >= 0.6 is 0 Å². The molecule has 2 nitrogen and oxygen atoms in total. The van der Waals surface area contributed by atoms with Crippen LogP contribution < -0.4 is 0 Å². The number of carbonyl (C=O) groups is 1. The summed E-state index contributed by atoms with van der Waals surface area (Å²) in [5.41, 5.74) is 1.50. The molecule has 1 aliphatic heterocycles. The van der Waals surface area contributed by atoms with E-state index in [1.165, 1.54) is 37.7 Å². The minimum atomic E-state index is -0.0485. The molecule has 1 aliphatic carbocycles. The molecule has 1 heterocycles. The third-order valence-corrected chi connectivity index (χ3v) is 2.57. The molecule has 1 saturated carbocycles. The molecular formula is C10H14O2. The van der Waals surface area contributed by atoms with Crippen molar-refractivity contribution < 1.29 is 9.53 Å². The van der Waals surface area contributed by atoms with E-state index in [1.54, 1.807) is 0 Å². The molecule has 0 radical (unpaired) electrons. The molecule has 0 spiro atoms. The van der Waals surface area contributed by atoms with Gasteiger partial charge in [0.2, 0.25) is 0 Å². The topological polar surface area (TPSA) is 26.3 Å². The Morgan fingerprint density at radius 1 is 1.25 bits per heavy atom. The first-order valence-corrected chi connectivity index (χ1v) is 4.73. The Morgan fingerprint density at radius 2 is 1.92 bits per heavy atom. The van der Waals surface area contributed by atoms with E-state index >= 15 is 0 Å². The van der Waals surface area contributed by atoms with E-state index in [2.05, 4.69) is 6.08 Å². The summed E-state index contributed by atoms with van der Waals surface area (Å²) in [5.74, 6) is -0.0485. The van der Waals surface area contributed by atoms with Gasteiger partial charge in [-0.15, -0.1) is 0 Å². The molecule has 2 heteroatoms. The van der Waals surface area contributed by atoms with Gasteiger partial charge in [-0.2, -0.15) is 0 Å². The Morgan fingerprint density at radius 3 is 2.50 bits per heavy atom. The van der Waals surface area contributed by atoms with Gasteiger partial charge >= 0.3 is 5.97 Å². The van der Waals surface area contributed by atoms with Gasteiger partial charge in [0.05, 0.1) is 6.42 Å². The van der Waals surface area contributed by atoms with Crippen LogP contribution in [-0.2, 0) is 9.53 Å². The fourth-order valence-corrected chi connectivity index (χ4v) is 1.85. The van der Waals surface area contributed by atoms with Gasteiger partial charge in [0, 0.05) is 0 Å². The lowest BCUT2D eigenvalue weighted by Gasteiger charge is -2.24. The monoisotopic (exact) mass is 166 g/mol. The van der Waals surface area contributed by atoms with E-state index in [1.807, 2.05) is 0 Å². The van der Waals surface area contributed by atoms with Crippen molar-refractivity contribution in [1.82, 2.24) is 0 Å². The quantitative estimate of drug-likeness (QED) is 0.441. The van der Waals surface area contributed by atoms with Crippen LogP contribution in [0, 0.1) is 0 Å².